The highest BCUT2D eigenvalue weighted by Crippen LogP contribution is 2.32. The fourth-order valence-electron chi connectivity index (χ4n) is 3.48. The van der Waals surface area contributed by atoms with Crippen LogP contribution in [0.5, 0.6) is 0 Å². The van der Waals surface area contributed by atoms with Gasteiger partial charge in [0.15, 0.2) is 5.76 Å². The molecule has 4 rings (SSSR count). The van der Waals surface area contributed by atoms with E-state index in [1.807, 2.05) is 6.08 Å². The van der Waals surface area contributed by atoms with E-state index in [2.05, 4.69) is 20.4 Å². The van der Waals surface area contributed by atoms with Crippen molar-refractivity contribution in [3.63, 3.8) is 0 Å². The van der Waals surface area contributed by atoms with Gasteiger partial charge in [0, 0.05) is 49.1 Å². The highest BCUT2D eigenvalue weighted by Gasteiger charge is 2.29. The molecule has 0 bridgehead atoms. The summed E-state index contributed by atoms with van der Waals surface area (Å²) in [6.45, 7) is 1.90. The number of aliphatic hydroxyl groups excluding tert-OH is 1. The van der Waals surface area contributed by atoms with Crippen molar-refractivity contribution in [1.82, 2.24) is 20.0 Å². The summed E-state index contributed by atoms with van der Waals surface area (Å²) in [5.74, 6) is -2.41. The summed E-state index contributed by atoms with van der Waals surface area (Å²) < 4.78 is 32.4. The van der Waals surface area contributed by atoms with Crippen LogP contribution in [0.4, 0.5) is 19.4 Å². The molecule has 0 atom stereocenters. The fourth-order valence-corrected chi connectivity index (χ4v) is 3.77. The van der Waals surface area contributed by atoms with Crippen LogP contribution in [0.1, 0.15) is 36.8 Å². The van der Waals surface area contributed by atoms with Gasteiger partial charge in [-0.1, -0.05) is 29.8 Å². The maximum Gasteiger partial charge on any atom is 0.323 e. The van der Waals surface area contributed by atoms with E-state index in [4.69, 9.17) is 21.2 Å². The van der Waals surface area contributed by atoms with Crippen LogP contribution in [-0.2, 0) is 12.5 Å². The molecule has 1 aliphatic rings. The van der Waals surface area contributed by atoms with Crippen molar-refractivity contribution in [3.05, 3.63) is 64.8 Å². The number of nitrogens with zero attached hydrogens (tertiary/aromatic N) is 4. The highest BCUT2D eigenvalue weighted by molar-refractivity contribution is 6.32. The molecule has 1 aliphatic heterocycles. The molecule has 3 aromatic heterocycles. The van der Waals surface area contributed by atoms with Crippen molar-refractivity contribution in [1.29, 1.82) is 0 Å². The molecule has 11 heteroatoms. The Kier molecular flexibility index (Phi) is 6.90. The van der Waals surface area contributed by atoms with E-state index in [-0.39, 0.29) is 30.4 Å². The summed E-state index contributed by atoms with van der Waals surface area (Å²) in [5, 5.41) is 16.1. The quantitative estimate of drug-likeness (QED) is 0.499. The summed E-state index contributed by atoms with van der Waals surface area (Å²) in [5.41, 5.74) is 2.51. The Hall–Kier alpha value is -3.37. The van der Waals surface area contributed by atoms with Crippen molar-refractivity contribution in [2.45, 2.75) is 32.3 Å². The Morgan fingerprint density at radius 2 is 2.12 bits per heavy atom. The Balaban J connectivity index is 1.39. The van der Waals surface area contributed by atoms with E-state index in [1.54, 1.807) is 23.2 Å². The zero-order valence-corrected chi connectivity index (χ0v) is 19.0. The van der Waals surface area contributed by atoms with Crippen molar-refractivity contribution < 1.29 is 23.2 Å². The molecule has 3 aromatic rings. The highest BCUT2D eigenvalue weighted by atomic mass is 35.5. The van der Waals surface area contributed by atoms with Crippen LogP contribution in [-0.4, -0.2) is 44.3 Å². The van der Waals surface area contributed by atoms with E-state index < -0.39 is 5.92 Å². The third-order valence-electron chi connectivity index (χ3n) is 5.52. The van der Waals surface area contributed by atoms with E-state index in [1.165, 1.54) is 19.1 Å². The average Bonchev–Trinajstić information content (AvgIpc) is 3.34. The van der Waals surface area contributed by atoms with Gasteiger partial charge in [0.25, 0.3) is 5.92 Å². The molecule has 0 spiro atoms. The molecule has 2 amide bonds. The summed E-state index contributed by atoms with van der Waals surface area (Å²) in [6, 6.07) is 5.59. The van der Waals surface area contributed by atoms with Gasteiger partial charge in [0.1, 0.15) is 18.1 Å². The maximum absolute atomic E-state index is 13.7. The number of aliphatic hydroxyl groups is 1. The monoisotopic (exact) mass is 489 g/mol. The lowest BCUT2D eigenvalue weighted by Gasteiger charge is -2.26. The van der Waals surface area contributed by atoms with Gasteiger partial charge in [-0.3, -0.25) is 10.3 Å². The zero-order chi connectivity index (χ0) is 24.3. The molecule has 2 N–H and O–H groups in total. The average molecular weight is 490 g/mol. The van der Waals surface area contributed by atoms with Gasteiger partial charge in [-0.25, -0.2) is 18.6 Å². The second-order valence-electron chi connectivity index (χ2n) is 7.74. The lowest BCUT2D eigenvalue weighted by molar-refractivity contribution is -0.00858. The van der Waals surface area contributed by atoms with E-state index in [0.717, 1.165) is 11.8 Å². The van der Waals surface area contributed by atoms with Gasteiger partial charge in [-0.05, 0) is 30.2 Å². The van der Waals surface area contributed by atoms with E-state index in [9.17, 15) is 13.6 Å². The first kappa shape index (κ1) is 23.8. The van der Waals surface area contributed by atoms with Gasteiger partial charge in [0.05, 0.1) is 10.7 Å². The van der Waals surface area contributed by atoms with Crippen LogP contribution in [0.25, 0.3) is 16.8 Å². The summed E-state index contributed by atoms with van der Waals surface area (Å²) in [7, 11) is 0. The number of amides is 2. The third kappa shape index (κ3) is 5.07. The number of aromatic nitrogens is 3. The fraction of sp³-hybridized carbons (Fsp3) is 0.304. The van der Waals surface area contributed by atoms with Gasteiger partial charge < -0.3 is 14.5 Å². The first-order valence-electron chi connectivity index (χ1n) is 10.6. The number of carbonyl (C=O) groups is 1. The molecule has 0 aliphatic carbocycles. The number of pyridine rings is 2. The van der Waals surface area contributed by atoms with E-state index >= 15 is 0 Å². The number of halogens is 3. The summed E-state index contributed by atoms with van der Waals surface area (Å²) >= 11 is 6.45. The molecular formula is C23H22ClF2N5O3. The van der Waals surface area contributed by atoms with Crippen LogP contribution >= 0.6 is 11.6 Å². The molecule has 8 nitrogen and oxygen atoms in total. The van der Waals surface area contributed by atoms with Crippen LogP contribution in [0.3, 0.4) is 0 Å². The van der Waals surface area contributed by atoms with Crippen molar-refractivity contribution in [2.24, 2.45) is 0 Å². The van der Waals surface area contributed by atoms with Crippen molar-refractivity contribution in [3.8, 4) is 11.3 Å². The molecule has 0 unspecified atom stereocenters. The zero-order valence-electron chi connectivity index (χ0n) is 18.3. The van der Waals surface area contributed by atoms with Crippen LogP contribution in [0, 0.1) is 0 Å². The van der Waals surface area contributed by atoms with Gasteiger partial charge in [-0.15, -0.1) is 0 Å². The predicted octanol–water partition coefficient (Wildman–Crippen LogP) is 5.10. The number of carbonyl (C=O) groups excluding carboxylic acids is 1. The Labute approximate surface area is 199 Å². The lowest BCUT2D eigenvalue weighted by Crippen LogP contribution is -2.38. The molecule has 0 fully saturated rings. The summed E-state index contributed by atoms with van der Waals surface area (Å²) in [6.07, 6.45) is 4.78. The molecule has 34 heavy (non-hydrogen) atoms. The summed E-state index contributed by atoms with van der Waals surface area (Å²) in [4.78, 5) is 22.5. The second-order valence-corrected chi connectivity index (χ2v) is 8.14. The number of anilines is 1. The predicted molar refractivity (Wildman–Crippen MR) is 122 cm³/mol. The number of alkyl halides is 2. The largest absolute Gasteiger partial charge is 0.388 e. The first-order chi connectivity index (χ1) is 16.3. The number of hydrogen-bond acceptors (Lipinski definition) is 6. The van der Waals surface area contributed by atoms with Crippen LogP contribution in [0.15, 0.2) is 47.3 Å². The van der Waals surface area contributed by atoms with E-state index in [0.29, 0.717) is 47.2 Å². The second kappa shape index (κ2) is 9.86. The molecule has 4 heterocycles. The standard InChI is InChI=1S/C23H22ClF2N5O3/c1-2-23(25,26)16-3-4-20(27-12-16)29-22(33)31-7-5-14(6-8-31)21-18(24)9-15(11-28-21)19-10-17(13-32)34-30-19/h3-5,9-12,32H,2,6-8,13H2,1H3,(H,27,29,33). The number of hydrogen-bond donors (Lipinski definition) is 2. The first-order valence-corrected chi connectivity index (χ1v) is 11.0. The topological polar surface area (TPSA) is 104 Å². The van der Waals surface area contributed by atoms with Gasteiger partial charge in [0.2, 0.25) is 0 Å². The van der Waals surface area contributed by atoms with Gasteiger partial charge >= 0.3 is 6.03 Å². The normalized spacial score (nSPS) is 14.1. The SMILES string of the molecule is CCC(F)(F)c1ccc(NC(=O)N2CC=C(c3ncc(-c4cc(CO)on4)cc3Cl)CC2)nc1. The molecule has 178 valence electrons. The minimum atomic E-state index is -2.95. The minimum absolute atomic E-state index is 0.189. The maximum atomic E-state index is 13.7. The molecular weight excluding hydrogens is 468 g/mol. The van der Waals surface area contributed by atoms with Crippen molar-refractivity contribution >= 4 is 29.0 Å². The Morgan fingerprint density at radius 1 is 1.29 bits per heavy atom. The Bertz CT molecular complexity index is 1210. The number of nitrogens with one attached hydrogen (secondary N) is 1. The number of urea groups is 1. The number of rotatable bonds is 6. The molecule has 0 radical (unpaired) electrons. The lowest BCUT2D eigenvalue weighted by atomic mass is 10.0. The Morgan fingerprint density at radius 3 is 2.71 bits per heavy atom. The minimum Gasteiger partial charge on any atom is -0.388 e. The molecule has 0 saturated carbocycles. The molecule has 0 aromatic carbocycles. The third-order valence-corrected chi connectivity index (χ3v) is 5.81. The molecule has 0 saturated heterocycles. The van der Waals surface area contributed by atoms with Gasteiger partial charge in [-0.2, -0.15) is 0 Å². The van der Waals surface area contributed by atoms with Crippen LogP contribution in [0.2, 0.25) is 5.02 Å². The van der Waals surface area contributed by atoms with Crippen LogP contribution < -0.4 is 5.32 Å². The van der Waals surface area contributed by atoms with Crippen molar-refractivity contribution in [2.75, 3.05) is 18.4 Å². The smallest absolute Gasteiger partial charge is 0.323 e.